The van der Waals surface area contributed by atoms with Crippen molar-refractivity contribution in [3.05, 3.63) is 83.1 Å². The number of carbonyl (C=O) groups is 3. The number of benzene rings is 3. The predicted octanol–water partition coefficient (Wildman–Crippen LogP) is 5.81. The summed E-state index contributed by atoms with van der Waals surface area (Å²) >= 11 is 0.913. The number of carbonyl (C=O) groups excluding carboxylic acids is 3. The summed E-state index contributed by atoms with van der Waals surface area (Å²) in [5, 5.41) is 6.21. The number of anilines is 1. The van der Waals surface area contributed by atoms with E-state index in [1.54, 1.807) is 24.3 Å². The molecule has 0 saturated heterocycles. The predicted molar refractivity (Wildman–Crippen MR) is 169 cm³/mol. The second kappa shape index (κ2) is 14.5. The van der Waals surface area contributed by atoms with Gasteiger partial charge in [0.1, 0.15) is 10.8 Å². The Kier molecular flexibility index (Phi) is 10.5. The van der Waals surface area contributed by atoms with Gasteiger partial charge in [-0.1, -0.05) is 42.5 Å². The molecule has 1 aromatic heterocycles. The van der Waals surface area contributed by atoms with E-state index in [9.17, 15) is 31.8 Å². The third-order valence-corrected chi connectivity index (χ3v) is 9.94. The van der Waals surface area contributed by atoms with E-state index in [0.717, 1.165) is 35.8 Å². The summed E-state index contributed by atoms with van der Waals surface area (Å²) in [5.41, 5.74) is 2.40. The highest BCUT2D eigenvalue weighted by Gasteiger charge is 2.35. The van der Waals surface area contributed by atoms with E-state index >= 15 is 4.39 Å². The van der Waals surface area contributed by atoms with Crippen molar-refractivity contribution in [2.24, 2.45) is 0 Å². The number of halogens is 4. The van der Waals surface area contributed by atoms with E-state index in [1.165, 1.54) is 6.07 Å². The number of fused-ring (bicyclic) bond motifs is 1. The van der Waals surface area contributed by atoms with Gasteiger partial charge in [0.05, 0.1) is 23.2 Å². The molecule has 2 unspecified atom stereocenters. The van der Waals surface area contributed by atoms with Gasteiger partial charge >= 0.3 is 6.18 Å². The Labute approximate surface area is 268 Å². The molecule has 1 saturated carbocycles. The van der Waals surface area contributed by atoms with Crippen LogP contribution in [0.5, 0.6) is 0 Å². The highest BCUT2D eigenvalue weighted by molar-refractivity contribution is 7.86. The lowest BCUT2D eigenvalue weighted by molar-refractivity contribution is -0.130. The Bertz CT molecular complexity index is 1740. The number of amides is 3. The van der Waals surface area contributed by atoms with Crippen molar-refractivity contribution >= 4 is 55.8 Å². The molecule has 4 aromatic rings. The maximum atomic E-state index is 15.3. The molecule has 46 heavy (non-hydrogen) atoms. The first-order valence-corrected chi connectivity index (χ1v) is 16.7. The lowest BCUT2D eigenvalue weighted by atomic mass is 10.0. The van der Waals surface area contributed by atoms with Gasteiger partial charge in [0.25, 0.3) is 0 Å². The topological polar surface area (TPSA) is 117 Å². The monoisotopic (exact) mass is 674 g/mol. The zero-order chi connectivity index (χ0) is 32.8. The lowest BCUT2D eigenvalue weighted by Crippen LogP contribution is -2.40. The standard InChI is InChI=1S/C32H30F4N4O4S2/c33-24-17-25-26(16-23(24)20-7-9-21(10-8-20)38-27(41)13-6-19-4-2-1-3-5-19)45-31(40-25)29(46(44)15-14-32(34,35)36)30(43)37-18-28(42)39-22-11-12-22/h1-5,7-10,16-17,22,29H,6,11-15,18H2,(H,37,43)(H,38,41)(H,39,42). The van der Waals surface area contributed by atoms with Crippen molar-refractivity contribution in [3.63, 3.8) is 0 Å². The van der Waals surface area contributed by atoms with Gasteiger partial charge < -0.3 is 16.0 Å². The summed E-state index contributed by atoms with van der Waals surface area (Å²) in [7, 11) is -2.34. The number of aromatic nitrogens is 1. The van der Waals surface area contributed by atoms with Crippen LogP contribution < -0.4 is 16.0 Å². The number of thiazole rings is 1. The molecule has 3 N–H and O–H groups in total. The summed E-state index contributed by atoms with van der Waals surface area (Å²) in [6.07, 6.45) is -3.45. The molecule has 0 radical (unpaired) electrons. The minimum atomic E-state index is -4.59. The van der Waals surface area contributed by atoms with Gasteiger partial charge in [-0.05, 0) is 48.6 Å². The minimum Gasteiger partial charge on any atom is -0.352 e. The Hall–Kier alpha value is -4.17. The van der Waals surface area contributed by atoms with Crippen LogP contribution in [0.15, 0.2) is 66.7 Å². The molecule has 1 aliphatic carbocycles. The summed E-state index contributed by atoms with van der Waals surface area (Å²) in [6, 6.07) is 18.8. The molecule has 3 amide bonds. The van der Waals surface area contributed by atoms with Crippen molar-refractivity contribution in [1.82, 2.24) is 15.6 Å². The number of alkyl halides is 3. The van der Waals surface area contributed by atoms with Gasteiger partial charge in [-0.25, -0.2) is 9.37 Å². The van der Waals surface area contributed by atoms with Crippen molar-refractivity contribution in [2.75, 3.05) is 17.6 Å². The molecule has 1 fully saturated rings. The molecule has 0 aliphatic heterocycles. The first-order valence-electron chi connectivity index (χ1n) is 14.5. The molecule has 1 aliphatic rings. The third kappa shape index (κ3) is 9.19. The van der Waals surface area contributed by atoms with Crippen LogP contribution in [0.2, 0.25) is 0 Å². The van der Waals surface area contributed by atoms with Crippen molar-refractivity contribution in [3.8, 4) is 11.1 Å². The van der Waals surface area contributed by atoms with E-state index in [-0.39, 0.29) is 28.0 Å². The number of aryl methyl sites for hydroxylation is 1. The summed E-state index contributed by atoms with van der Waals surface area (Å²) in [6.45, 7) is -0.435. The number of nitrogens with one attached hydrogen (secondary N) is 3. The molecule has 3 aromatic carbocycles. The number of rotatable bonds is 13. The van der Waals surface area contributed by atoms with E-state index in [4.69, 9.17) is 0 Å². The fourth-order valence-corrected chi connectivity index (χ4v) is 7.31. The average Bonchev–Trinajstić information content (AvgIpc) is 3.74. The molecule has 242 valence electrons. The van der Waals surface area contributed by atoms with Gasteiger partial charge in [-0.3, -0.25) is 18.6 Å². The van der Waals surface area contributed by atoms with Gasteiger partial charge in [0.15, 0.2) is 5.25 Å². The molecular weight excluding hydrogens is 645 g/mol. The minimum absolute atomic E-state index is 0.0364. The molecule has 8 nitrogen and oxygen atoms in total. The smallest absolute Gasteiger partial charge is 0.352 e. The Morgan fingerprint density at radius 1 is 1.00 bits per heavy atom. The maximum absolute atomic E-state index is 15.3. The molecule has 1 heterocycles. The van der Waals surface area contributed by atoms with Crippen molar-refractivity contribution < 1.29 is 36.2 Å². The van der Waals surface area contributed by atoms with E-state index in [0.29, 0.717) is 28.8 Å². The maximum Gasteiger partial charge on any atom is 0.390 e. The molecule has 5 rings (SSSR count). The molecule has 14 heteroatoms. The van der Waals surface area contributed by atoms with Crippen molar-refractivity contribution in [2.45, 2.75) is 49.6 Å². The highest BCUT2D eigenvalue weighted by atomic mass is 32.2. The van der Waals surface area contributed by atoms with Crippen molar-refractivity contribution in [1.29, 1.82) is 0 Å². The SMILES string of the molecule is O=C(CCc1ccccc1)Nc1ccc(-c2cc3sc(C(C(=O)NCC(=O)NC4CC4)S(=O)CCC(F)(F)F)nc3cc2F)cc1. The molecule has 0 spiro atoms. The largest absolute Gasteiger partial charge is 0.390 e. The van der Waals surface area contributed by atoms with Crippen LogP contribution in [0, 0.1) is 5.82 Å². The third-order valence-electron chi connectivity index (χ3n) is 7.13. The second-order valence-corrected chi connectivity index (χ2v) is 13.6. The quantitative estimate of drug-likeness (QED) is 0.155. The van der Waals surface area contributed by atoms with Crippen LogP contribution in [0.4, 0.5) is 23.2 Å². The fourth-order valence-electron chi connectivity index (χ4n) is 4.60. The first-order chi connectivity index (χ1) is 21.9. The Morgan fingerprint density at radius 2 is 1.72 bits per heavy atom. The average molecular weight is 675 g/mol. The summed E-state index contributed by atoms with van der Waals surface area (Å²) in [5.74, 6) is -3.03. The van der Waals surface area contributed by atoms with Crippen LogP contribution in [0.3, 0.4) is 0 Å². The summed E-state index contributed by atoms with van der Waals surface area (Å²) in [4.78, 5) is 41.8. The van der Waals surface area contributed by atoms with Gasteiger partial charge in [0.2, 0.25) is 17.7 Å². The van der Waals surface area contributed by atoms with E-state index < -0.39 is 58.6 Å². The summed E-state index contributed by atoms with van der Waals surface area (Å²) < 4.78 is 67.4. The number of nitrogens with zero attached hydrogens (tertiary/aromatic N) is 1. The Morgan fingerprint density at radius 3 is 2.39 bits per heavy atom. The van der Waals surface area contributed by atoms with Crippen LogP contribution in [0.1, 0.15) is 41.5 Å². The number of hydrogen-bond donors (Lipinski definition) is 3. The van der Waals surface area contributed by atoms with Gasteiger partial charge in [0, 0.05) is 46.3 Å². The molecule has 0 bridgehead atoms. The molecule has 2 atom stereocenters. The number of hydrogen-bond acceptors (Lipinski definition) is 6. The normalized spacial score (nSPS) is 14.4. The lowest BCUT2D eigenvalue weighted by Gasteiger charge is -2.15. The van der Waals surface area contributed by atoms with E-state index in [1.807, 2.05) is 30.3 Å². The highest BCUT2D eigenvalue weighted by Crippen LogP contribution is 2.35. The van der Waals surface area contributed by atoms with Gasteiger partial charge in [-0.15, -0.1) is 11.3 Å². The van der Waals surface area contributed by atoms with E-state index in [2.05, 4.69) is 20.9 Å². The fraction of sp³-hybridized carbons (Fsp3) is 0.312. The Balaban J connectivity index is 1.31. The van der Waals surface area contributed by atoms with Crippen LogP contribution in [-0.2, 0) is 31.6 Å². The second-order valence-electron chi connectivity index (χ2n) is 10.9. The first kappa shape index (κ1) is 33.2. The van der Waals surface area contributed by atoms with Crippen LogP contribution in [-0.4, -0.2) is 51.4 Å². The van der Waals surface area contributed by atoms with Gasteiger partial charge in [-0.2, -0.15) is 13.2 Å². The van der Waals surface area contributed by atoms with Crippen LogP contribution in [0.25, 0.3) is 21.3 Å². The van der Waals surface area contributed by atoms with Crippen LogP contribution >= 0.6 is 11.3 Å². The zero-order valence-electron chi connectivity index (χ0n) is 24.4. The molecular formula is C32H30F4N4O4S2. The zero-order valence-corrected chi connectivity index (χ0v) is 26.0.